The highest BCUT2D eigenvalue weighted by Gasteiger charge is 2.57. The maximum atomic E-state index is 13.2. The molecule has 0 N–H and O–H groups in total. The molecule has 0 radical (unpaired) electrons. The minimum Gasteiger partial charge on any atom is -0.316 e. The summed E-state index contributed by atoms with van der Waals surface area (Å²) in [7, 11) is 0. The number of amides is 1. The van der Waals surface area contributed by atoms with E-state index < -0.39 is 39.2 Å². The zero-order valence-corrected chi connectivity index (χ0v) is 16.0. The Morgan fingerprint density at radius 3 is 2.00 bits per heavy atom. The Hall–Kier alpha value is -4.40. The van der Waals surface area contributed by atoms with Crippen molar-refractivity contribution in [3.63, 3.8) is 0 Å². The molecule has 0 saturated carbocycles. The third-order valence-corrected chi connectivity index (χ3v) is 5.13. The fraction of sp³-hybridized carbons (Fsp3) is 0.0909. The molecule has 1 aliphatic rings. The Morgan fingerprint density at radius 1 is 0.806 bits per heavy atom. The van der Waals surface area contributed by atoms with Crippen molar-refractivity contribution in [1.29, 1.82) is 0 Å². The van der Waals surface area contributed by atoms with Crippen LogP contribution in [0.5, 0.6) is 0 Å². The monoisotopic (exact) mass is 417 g/mol. The second kappa shape index (κ2) is 7.79. The summed E-state index contributed by atoms with van der Waals surface area (Å²) >= 11 is 0. The van der Waals surface area contributed by atoms with E-state index in [-0.39, 0.29) is 11.3 Å². The average Bonchev–Trinajstić information content (AvgIpc) is 3.54. The van der Waals surface area contributed by atoms with Gasteiger partial charge in [-0.15, -0.1) is 0 Å². The summed E-state index contributed by atoms with van der Waals surface area (Å²) in [6.45, 7) is 0. The van der Waals surface area contributed by atoms with Crippen LogP contribution in [0.2, 0.25) is 0 Å². The average molecular weight is 417 g/mol. The first kappa shape index (κ1) is 19.9. The van der Waals surface area contributed by atoms with Crippen LogP contribution in [0.1, 0.15) is 32.3 Å². The molecule has 2 atom stereocenters. The summed E-state index contributed by atoms with van der Waals surface area (Å²) in [5, 5.41) is 22.5. The maximum Gasteiger partial charge on any atom is 0.289 e. The number of rotatable bonds is 6. The van der Waals surface area contributed by atoms with Gasteiger partial charge >= 0.3 is 0 Å². The number of hydrogen-bond donors (Lipinski definition) is 0. The largest absolute Gasteiger partial charge is 0.316 e. The predicted molar refractivity (Wildman–Crippen MR) is 110 cm³/mol. The zero-order chi connectivity index (χ0) is 22.1. The van der Waals surface area contributed by atoms with Crippen molar-refractivity contribution in [1.82, 2.24) is 4.90 Å². The molecule has 154 valence electrons. The van der Waals surface area contributed by atoms with Crippen molar-refractivity contribution in [3.05, 3.63) is 116 Å². The topological polar surface area (TPSA) is 123 Å². The van der Waals surface area contributed by atoms with E-state index in [4.69, 9.17) is 0 Å². The summed E-state index contributed by atoms with van der Waals surface area (Å²) in [6.07, 6.45) is 0. The van der Waals surface area contributed by atoms with Gasteiger partial charge in [0.15, 0.2) is 5.78 Å². The van der Waals surface area contributed by atoms with Crippen LogP contribution in [-0.4, -0.2) is 32.5 Å². The molecule has 1 fully saturated rings. The first-order chi connectivity index (χ1) is 14.9. The number of nitrogens with zero attached hydrogens (tertiary/aromatic N) is 3. The van der Waals surface area contributed by atoms with Gasteiger partial charge in [-0.2, -0.15) is 0 Å². The maximum absolute atomic E-state index is 13.2. The van der Waals surface area contributed by atoms with E-state index in [1.165, 1.54) is 4.90 Å². The number of carbonyl (C=O) groups excluding carboxylic acids is 2. The van der Waals surface area contributed by atoms with Crippen molar-refractivity contribution in [3.8, 4) is 0 Å². The van der Waals surface area contributed by atoms with Crippen LogP contribution in [0.4, 0.5) is 11.4 Å². The van der Waals surface area contributed by atoms with Gasteiger partial charge < -0.3 is 4.90 Å². The standard InChI is InChI=1S/C22H15N3O6/c26-21(15-9-5-2-6-10-15)20-19(14-7-3-1-4-8-14)23(20)22(27)17-12-11-16(24(28)29)13-18(17)25(30)31/h1-13,19-20H/t19-,20-,23?/m0/s1. The third-order valence-electron chi connectivity index (χ3n) is 5.13. The molecule has 1 aliphatic heterocycles. The van der Waals surface area contributed by atoms with E-state index in [1.54, 1.807) is 60.7 Å². The first-order valence-electron chi connectivity index (χ1n) is 9.30. The lowest BCUT2D eigenvalue weighted by Gasteiger charge is -2.06. The Balaban J connectivity index is 1.74. The number of nitro groups is 2. The van der Waals surface area contributed by atoms with Crippen molar-refractivity contribution >= 4 is 23.1 Å². The number of benzene rings is 3. The van der Waals surface area contributed by atoms with Gasteiger partial charge in [0.05, 0.1) is 22.0 Å². The summed E-state index contributed by atoms with van der Waals surface area (Å²) in [4.78, 5) is 48.5. The quantitative estimate of drug-likeness (QED) is 0.259. The summed E-state index contributed by atoms with van der Waals surface area (Å²) < 4.78 is 0. The second-order valence-corrected chi connectivity index (χ2v) is 6.96. The Bertz CT molecular complexity index is 1200. The van der Waals surface area contributed by atoms with Gasteiger partial charge in [0.1, 0.15) is 11.6 Å². The lowest BCUT2D eigenvalue weighted by Crippen LogP contribution is -2.20. The normalized spacial score (nSPS) is 17.1. The van der Waals surface area contributed by atoms with Gasteiger partial charge in [0.2, 0.25) is 0 Å². The Labute approximate surface area is 175 Å². The van der Waals surface area contributed by atoms with Crippen LogP contribution in [0.3, 0.4) is 0 Å². The molecule has 0 aromatic heterocycles. The number of Topliss-reactive ketones (excluding diaryl/α,β-unsaturated/α-hetero) is 1. The van der Waals surface area contributed by atoms with Gasteiger partial charge in [0.25, 0.3) is 17.3 Å². The first-order valence-corrected chi connectivity index (χ1v) is 9.30. The van der Waals surface area contributed by atoms with Crippen molar-refractivity contribution < 1.29 is 19.4 Å². The molecular weight excluding hydrogens is 402 g/mol. The number of ketones is 1. The van der Waals surface area contributed by atoms with Crippen molar-refractivity contribution in [2.24, 2.45) is 0 Å². The van der Waals surface area contributed by atoms with Gasteiger partial charge in [-0.05, 0) is 11.6 Å². The highest BCUT2D eigenvalue weighted by molar-refractivity contribution is 6.10. The lowest BCUT2D eigenvalue weighted by atomic mass is 10.0. The number of hydrogen-bond acceptors (Lipinski definition) is 6. The molecule has 0 unspecified atom stereocenters. The second-order valence-electron chi connectivity index (χ2n) is 6.96. The molecule has 3 aromatic rings. The molecule has 1 saturated heterocycles. The molecule has 9 nitrogen and oxygen atoms in total. The van der Waals surface area contributed by atoms with Crippen LogP contribution in [0, 0.1) is 20.2 Å². The molecule has 0 bridgehead atoms. The molecule has 1 amide bonds. The molecular formula is C22H15N3O6. The van der Waals surface area contributed by atoms with Crippen molar-refractivity contribution in [2.45, 2.75) is 12.1 Å². The number of non-ortho nitro benzene ring substituents is 1. The van der Waals surface area contributed by atoms with Gasteiger partial charge in [-0.25, -0.2) is 0 Å². The van der Waals surface area contributed by atoms with Crippen LogP contribution < -0.4 is 0 Å². The van der Waals surface area contributed by atoms with E-state index in [9.17, 15) is 29.8 Å². The minimum absolute atomic E-state index is 0.285. The molecule has 3 aromatic carbocycles. The molecule has 9 heteroatoms. The summed E-state index contributed by atoms with van der Waals surface area (Å²) in [6, 6.07) is 18.8. The highest BCUT2D eigenvalue weighted by Crippen LogP contribution is 2.46. The zero-order valence-electron chi connectivity index (χ0n) is 16.0. The Kier molecular flexibility index (Phi) is 5.00. The summed E-state index contributed by atoms with van der Waals surface area (Å²) in [5.74, 6) is -1.02. The fourth-order valence-electron chi connectivity index (χ4n) is 3.62. The smallest absolute Gasteiger partial charge is 0.289 e. The molecule has 0 spiro atoms. The van der Waals surface area contributed by atoms with E-state index in [2.05, 4.69) is 0 Å². The van der Waals surface area contributed by atoms with Gasteiger partial charge in [0, 0.05) is 11.6 Å². The van der Waals surface area contributed by atoms with E-state index >= 15 is 0 Å². The molecule has 1 heterocycles. The van der Waals surface area contributed by atoms with Crippen LogP contribution >= 0.6 is 0 Å². The van der Waals surface area contributed by atoms with Gasteiger partial charge in [-0.3, -0.25) is 29.8 Å². The highest BCUT2D eigenvalue weighted by atomic mass is 16.6. The van der Waals surface area contributed by atoms with E-state index in [1.807, 2.05) is 0 Å². The van der Waals surface area contributed by atoms with Crippen LogP contribution in [0.25, 0.3) is 0 Å². The van der Waals surface area contributed by atoms with E-state index in [0.29, 0.717) is 5.56 Å². The third kappa shape index (κ3) is 3.64. The lowest BCUT2D eigenvalue weighted by molar-refractivity contribution is -0.394. The van der Waals surface area contributed by atoms with Crippen molar-refractivity contribution in [2.75, 3.05) is 0 Å². The number of nitro benzene ring substituents is 2. The molecule has 0 aliphatic carbocycles. The van der Waals surface area contributed by atoms with Gasteiger partial charge in [-0.1, -0.05) is 60.7 Å². The van der Waals surface area contributed by atoms with Crippen LogP contribution in [-0.2, 0) is 0 Å². The molecule has 4 rings (SSSR count). The fourth-order valence-corrected chi connectivity index (χ4v) is 3.62. The number of carbonyl (C=O) groups is 2. The minimum atomic E-state index is -0.838. The van der Waals surface area contributed by atoms with E-state index in [0.717, 1.165) is 23.8 Å². The Morgan fingerprint density at radius 2 is 1.42 bits per heavy atom. The molecule has 31 heavy (non-hydrogen) atoms. The van der Waals surface area contributed by atoms with Crippen LogP contribution in [0.15, 0.2) is 78.9 Å². The SMILES string of the molecule is O=C(c1ccccc1)[C@@H]1[C@H](c2ccccc2)N1C(=O)c1ccc([N+](=O)[O-])cc1[N+](=O)[O-]. The predicted octanol–water partition coefficient (Wildman–Crippen LogP) is 3.95. The summed E-state index contributed by atoms with van der Waals surface area (Å²) in [5.41, 5.74) is -0.342.